The molecule has 0 spiro atoms. The Hall–Kier alpha value is -1.02. The van der Waals surface area contributed by atoms with Gasteiger partial charge in [0.05, 0.1) is 12.0 Å². The first-order valence-electron chi connectivity index (χ1n) is 5.56. The zero-order valence-electron chi connectivity index (χ0n) is 9.55. The van der Waals surface area contributed by atoms with Crippen molar-refractivity contribution < 1.29 is 9.53 Å². The lowest BCUT2D eigenvalue weighted by molar-refractivity contribution is 0.0465. The topological polar surface area (TPSA) is 26.3 Å². The number of carbonyl (C=O) groups is 1. The van der Waals surface area contributed by atoms with E-state index in [1.807, 2.05) is 6.92 Å². The standard InChI is InChI=1S/C13H15ClO2/c1-3-6-13(2)8-11(15)10-7-9(14)4-5-12(10)16-13/h4-5,7H,3,6,8H2,1-2H3. The van der Waals surface area contributed by atoms with E-state index >= 15 is 0 Å². The fourth-order valence-electron chi connectivity index (χ4n) is 2.21. The number of halogens is 1. The normalized spacial score (nSPS) is 23.8. The predicted molar refractivity (Wildman–Crippen MR) is 64.3 cm³/mol. The van der Waals surface area contributed by atoms with Crippen LogP contribution in [0, 0.1) is 0 Å². The molecule has 1 aromatic rings. The summed E-state index contributed by atoms with van der Waals surface area (Å²) < 4.78 is 5.91. The van der Waals surface area contributed by atoms with Crippen molar-refractivity contribution in [3.63, 3.8) is 0 Å². The van der Waals surface area contributed by atoms with Crippen LogP contribution in [-0.4, -0.2) is 11.4 Å². The molecule has 0 N–H and O–H groups in total. The summed E-state index contributed by atoms with van der Waals surface area (Å²) in [6, 6.07) is 5.22. The first-order valence-corrected chi connectivity index (χ1v) is 5.94. The highest BCUT2D eigenvalue weighted by Gasteiger charge is 2.35. The smallest absolute Gasteiger partial charge is 0.170 e. The van der Waals surface area contributed by atoms with Crippen molar-refractivity contribution in [1.82, 2.24) is 0 Å². The Bertz CT molecular complexity index is 428. The second-order valence-corrected chi connectivity index (χ2v) is 4.98. The molecule has 1 atom stereocenters. The molecular weight excluding hydrogens is 224 g/mol. The Labute approximate surface area is 101 Å². The molecule has 2 nitrogen and oxygen atoms in total. The van der Waals surface area contributed by atoms with Gasteiger partial charge in [0.15, 0.2) is 5.78 Å². The molecule has 0 fully saturated rings. The number of Topliss-reactive ketones (excluding diaryl/α,β-unsaturated/α-hetero) is 1. The average molecular weight is 239 g/mol. The van der Waals surface area contributed by atoms with E-state index in [1.54, 1.807) is 18.2 Å². The molecule has 0 amide bonds. The lowest BCUT2D eigenvalue weighted by Crippen LogP contribution is -2.38. The van der Waals surface area contributed by atoms with Gasteiger partial charge in [-0.3, -0.25) is 4.79 Å². The fourth-order valence-corrected chi connectivity index (χ4v) is 2.39. The number of rotatable bonds is 2. The molecule has 86 valence electrons. The van der Waals surface area contributed by atoms with Crippen molar-refractivity contribution in [2.24, 2.45) is 0 Å². The molecule has 1 aromatic carbocycles. The monoisotopic (exact) mass is 238 g/mol. The number of benzene rings is 1. The maximum atomic E-state index is 12.0. The Morgan fingerprint density at radius 3 is 2.94 bits per heavy atom. The van der Waals surface area contributed by atoms with Crippen molar-refractivity contribution in [3.05, 3.63) is 28.8 Å². The molecule has 3 heteroatoms. The van der Waals surface area contributed by atoms with Crippen molar-refractivity contribution in [3.8, 4) is 5.75 Å². The number of fused-ring (bicyclic) bond motifs is 1. The molecule has 1 aliphatic rings. The van der Waals surface area contributed by atoms with E-state index in [0.717, 1.165) is 12.8 Å². The van der Waals surface area contributed by atoms with Crippen LogP contribution in [-0.2, 0) is 0 Å². The Morgan fingerprint density at radius 2 is 2.25 bits per heavy atom. The molecule has 0 saturated heterocycles. The molecule has 1 aliphatic heterocycles. The summed E-state index contributed by atoms with van der Waals surface area (Å²) in [7, 11) is 0. The molecule has 0 saturated carbocycles. The van der Waals surface area contributed by atoms with E-state index in [0.29, 0.717) is 22.8 Å². The summed E-state index contributed by atoms with van der Waals surface area (Å²) in [6.45, 7) is 4.09. The van der Waals surface area contributed by atoms with Gasteiger partial charge in [-0.05, 0) is 31.5 Å². The van der Waals surface area contributed by atoms with E-state index in [2.05, 4.69) is 6.92 Å². The number of ether oxygens (including phenoxy) is 1. The maximum Gasteiger partial charge on any atom is 0.170 e. The second-order valence-electron chi connectivity index (χ2n) is 4.54. The molecule has 2 rings (SSSR count). The number of hydrogen-bond donors (Lipinski definition) is 0. The van der Waals surface area contributed by atoms with Crippen LogP contribution in [0.3, 0.4) is 0 Å². The van der Waals surface area contributed by atoms with Gasteiger partial charge < -0.3 is 4.74 Å². The first kappa shape index (κ1) is 11.5. The van der Waals surface area contributed by atoms with Crippen LogP contribution in [0.25, 0.3) is 0 Å². The summed E-state index contributed by atoms with van der Waals surface area (Å²) in [5.74, 6) is 0.788. The van der Waals surface area contributed by atoms with Crippen molar-refractivity contribution in [2.75, 3.05) is 0 Å². The number of hydrogen-bond acceptors (Lipinski definition) is 2. The summed E-state index contributed by atoms with van der Waals surface area (Å²) >= 11 is 5.87. The number of ketones is 1. The molecule has 1 unspecified atom stereocenters. The van der Waals surface area contributed by atoms with Crippen LogP contribution < -0.4 is 4.74 Å². The van der Waals surface area contributed by atoms with Gasteiger partial charge in [-0.15, -0.1) is 0 Å². The van der Waals surface area contributed by atoms with E-state index in [9.17, 15) is 4.79 Å². The summed E-state index contributed by atoms with van der Waals surface area (Å²) in [5.41, 5.74) is 0.258. The lowest BCUT2D eigenvalue weighted by atomic mass is 9.88. The third kappa shape index (κ3) is 2.07. The van der Waals surface area contributed by atoms with Gasteiger partial charge in [0, 0.05) is 5.02 Å². The van der Waals surface area contributed by atoms with Crippen LogP contribution >= 0.6 is 11.6 Å². The zero-order chi connectivity index (χ0) is 11.8. The number of carbonyl (C=O) groups excluding carboxylic acids is 1. The van der Waals surface area contributed by atoms with E-state index in [-0.39, 0.29) is 11.4 Å². The Morgan fingerprint density at radius 1 is 1.50 bits per heavy atom. The molecule has 1 heterocycles. The highest BCUT2D eigenvalue weighted by molar-refractivity contribution is 6.31. The minimum atomic E-state index is -0.355. The van der Waals surface area contributed by atoms with E-state index < -0.39 is 0 Å². The van der Waals surface area contributed by atoms with Crippen LogP contribution in [0.4, 0.5) is 0 Å². The molecule has 0 radical (unpaired) electrons. The third-order valence-corrected chi connectivity index (χ3v) is 3.15. The Balaban J connectivity index is 2.37. The van der Waals surface area contributed by atoms with Gasteiger partial charge in [-0.1, -0.05) is 24.9 Å². The highest BCUT2D eigenvalue weighted by Crippen LogP contribution is 2.36. The molecular formula is C13H15ClO2. The van der Waals surface area contributed by atoms with Gasteiger partial charge in [-0.25, -0.2) is 0 Å². The fraction of sp³-hybridized carbons (Fsp3) is 0.462. The predicted octanol–water partition coefficient (Wildman–Crippen LogP) is 3.86. The third-order valence-electron chi connectivity index (χ3n) is 2.91. The van der Waals surface area contributed by atoms with Gasteiger partial charge >= 0.3 is 0 Å². The summed E-state index contributed by atoms with van der Waals surface area (Å²) in [5, 5.41) is 0.579. The minimum absolute atomic E-state index is 0.125. The molecule has 16 heavy (non-hydrogen) atoms. The molecule has 0 aliphatic carbocycles. The van der Waals surface area contributed by atoms with Gasteiger partial charge in [-0.2, -0.15) is 0 Å². The van der Waals surface area contributed by atoms with Crippen LogP contribution in [0.2, 0.25) is 5.02 Å². The highest BCUT2D eigenvalue weighted by atomic mass is 35.5. The Kier molecular flexibility index (Phi) is 2.94. The quantitative estimate of drug-likeness (QED) is 0.782. The molecule has 0 aromatic heterocycles. The second kappa shape index (κ2) is 4.10. The van der Waals surface area contributed by atoms with Crippen LogP contribution in [0.5, 0.6) is 5.75 Å². The van der Waals surface area contributed by atoms with Crippen molar-refractivity contribution in [2.45, 2.75) is 38.7 Å². The van der Waals surface area contributed by atoms with Crippen molar-refractivity contribution >= 4 is 17.4 Å². The van der Waals surface area contributed by atoms with Crippen molar-refractivity contribution in [1.29, 1.82) is 0 Å². The van der Waals surface area contributed by atoms with Gasteiger partial charge in [0.25, 0.3) is 0 Å². The zero-order valence-corrected chi connectivity index (χ0v) is 10.3. The van der Waals surface area contributed by atoms with E-state index in [1.165, 1.54) is 0 Å². The van der Waals surface area contributed by atoms with E-state index in [4.69, 9.17) is 16.3 Å². The average Bonchev–Trinajstić information content (AvgIpc) is 2.19. The maximum absolute atomic E-state index is 12.0. The SMILES string of the molecule is CCCC1(C)CC(=O)c2cc(Cl)ccc2O1. The van der Waals surface area contributed by atoms with Crippen LogP contribution in [0.15, 0.2) is 18.2 Å². The summed E-state index contributed by atoms with van der Waals surface area (Å²) in [4.78, 5) is 12.0. The summed E-state index contributed by atoms with van der Waals surface area (Å²) in [6.07, 6.45) is 2.34. The first-order chi connectivity index (χ1) is 7.54. The van der Waals surface area contributed by atoms with Gasteiger partial charge in [0.1, 0.15) is 11.4 Å². The largest absolute Gasteiger partial charge is 0.486 e. The van der Waals surface area contributed by atoms with Gasteiger partial charge in [0.2, 0.25) is 0 Å². The van der Waals surface area contributed by atoms with Crippen LogP contribution in [0.1, 0.15) is 43.5 Å². The molecule has 0 bridgehead atoms. The minimum Gasteiger partial charge on any atom is -0.486 e. The lowest BCUT2D eigenvalue weighted by Gasteiger charge is -2.34.